The van der Waals surface area contributed by atoms with Gasteiger partial charge in [0.1, 0.15) is 0 Å². The summed E-state index contributed by atoms with van der Waals surface area (Å²) in [4.78, 5) is 13.1. The van der Waals surface area contributed by atoms with Crippen LogP contribution in [-0.2, 0) is 6.54 Å². The second kappa shape index (κ2) is 8.72. The Bertz CT molecular complexity index is 403. The van der Waals surface area contributed by atoms with Crippen molar-refractivity contribution in [1.82, 2.24) is 10.2 Å². The Kier molecular flexibility index (Phi) is 7.26. The maximum absolute atomic E-state index is 10.8. The third kappa shape index (κ3) is 6.17. The summed E-state index contributed by atoms with van der Waals surface area (Å²) in [5.74, 6) is -0.879. The lowest BCUT2D eigenvalue weighted by Gasteiger charge is -2.22. The Hall–Kier alpha value is -1.39. The molecule has 1 aromatic rings. The molecule has 0 unspecified atom stereocenters. The summed E-state index contributed by atoms with van der Waals surface area (Å²) in [6, 6.07) is 7.44. The number of likely N-dealkylation sites (N-methyl/N-ethyl adjacent to an activating group) is 1. The Labute approximate surface area is 121 Å². The zero-order valence-electron chi connectivity index (χ0n) is 12.7. The molecule has 0 aromatic heterocycles. The van der Waals surface area contributed by atoms with Crippen molar-refractivity contribution < 1.29 is 9.90 Å². The van der Waals surface area contributed by atoms with Crippen LogP contribution in [0, 0.1) is 0 Å². The largest absolute Gasteiger partial charge is 0.478 e. The van der Waals surface area contributed by atoms with Gasteiger partial charge in [0.25, 0.3) is 0 Å². The molecule has 2 N–H and O–H groups in total. The van der Waals surface area contributed by atoms with Gasteiger partial charge in [0, 0.05) is 19.1 Å². The Morgan fingerprint density at radius 1 is 1.35 bits per heavy atom. The molecule has 0 aliphatic carbocycles. The number of hydrogen-bond acceptors (Lipinski definition) is 3. The Morgan fingerprint density at radius 2 is 2.00 bits per heavy atom. The standard InChI is InChI=1S/C16H26N2O2/c1-4-5-10-18(3)12-13(2)17-11-14-6-8-15(9-7-14)16(19)20/h6-9,13,17H,4-5,10-12H2,1-3H3,(H,19,20)/t13-/m1/s1. The fourth-order valence-corrected chi connectivity index (χ4v) is 2.11. The van der Waals surface area contributed by atoms with Crippen LogP contribution in [0.2, 0.25) is 0 Å². The van der Waals surface area contributed by atoms with Gasteiger partial charge in [-0.15, -0.1) is 0 Å². The third-order valence-electron chi connectivity index (χ3n) is 3.33. The molecule has 0 aliphatic heterocycles. The van der Waals surface area contributed by atoms with Gasteiger partial charge < -0.3 is 15.3 Å². The number of nitrogens with zero attached hydrogens (tertiary/aromatic N) is 1. The molecule has 4 heteroatoms. The van der Waals surface area contributed by atoms with E-state index in [1.807, 2.05) is 12.1 Å². The number of nitrogens with one attached hydrogen (secondary N) is 1. The highest BCUT2D eigenvalue weighted by atomic mass is 16.4. The SMILES string of the molecule is CCCCN(C)C[C@@H](C)NCc1ccc(C(=O)O)cc1. The van der Waals surface area contributed by atoms with Crippen LogP contribution in [-0.4, -0.2) is 42.2 Å². The molecule has 20 heavy (non-hydrogen) atoms. The minimum Gasteiger partial charge on any atom is -0.478 e. The zero-order chi connectivity index (χ0) is 15.0. The molecule has 1 atom stereocenters. The fourth-order valence-electron chi connectivity index (χ4n) is 2.11. The molecule has 0 heterocycles. The van der Waals surface area contributed by atoms with Crippen LogP contribution in [0.5, 0.6) is 0 Å². The van der Waals surface area contributed by atoms with E-state index in [9.17, 15) is 4.79 Å². The molecule has 4 nitrogen and oxygen atoms in total. The molecule has 1 rings (SSSR count). The summed E-state index contributed by atoms with van der Waals surface area (Å²) in [6.07, 6.45) is 2.46. The first-order valence-electron chi connectivity index (χ1n) is 7.27. The highest BCUT2D eigenvalue weighted by molar-refractivity contribution is 5.87. The van der Waals surface area contributed by atoms with Gasteiger partial charge in [0.2, 0.25) is 0 Å². The monoisotopic (exact) mass is 278 g/mol. The van der Waals surface area contributed by atoms with Gasteiger partial charge in [-0.25, -0.2) is 4.79 Å². The number of hydrogen-bond donors (Lipinski definition) is 2. The number of rotatable bonds is 9. The van der Waals surface area contributed by atoms with Crippen LogP contribution in [0.4, 0.5) is 0 Å². The lowest BCUT2D eigenvalue weighted by Crippen LogP contribution is -2.37. The summed E-state index contributed by atoms with van der Waals surface area (Å²) in [5.41, 5.74) is 1.44. The maximum Gasteiger partial charge on any atom is 0.335 e. The number of carboxylic acid groups (broad SMARTS) is 1. The van der Waals surface area contributed by atoms with Crippen molar-refractivity contribution in [2.75, 3.05) is 20.1 Å². The first-order valence-corrected chi connectivity index (χ1v) is 7.27. The number of benzene rings is 1. The van der Waals surface area contributed by atoms with Crippen molar-refractivity contribution in [2.45, 2.75) is 39.3 Å². The topological polar surface area (TPSA) is 52.6 Å². The molecule has 0 spiro atoms. The molecule has 1 aromatic carbocycles. The molecule has 0 aliphatic rings. The summed E-state index contributed by atoms with van der Waals surface area (Å²) < 4.78 is 0. The average Bonchev–Trinajstić information content (AvgIpc) is 2.43. The van der Waals surface area contributed by atoms with E-state index in [4.69, 9.17) is 5.11 Å². The Balaban J connectivity index is 2.33. The molecule has 0 amide bonds. The van der Waals surface area contributed by atoms with Crippen molar-refractivity contribution in [3.8, 4) is 0 Å². The van der Waals surface area contributed by atoms with E-state index in [-0.39, 0.29) is 0 Å². The van der Waals surface area contributed by atoms with Crippen molar-refractivity contribution in [3.63, 3.8) is 0 Å². The second-order valence-corrected chi connectivity index (χ2v) is 5.40. The first kappa shape index (κ1) is 16.7. The van der Waals surface area contributed by atoms with E-state index in [1.165, 1.54) is 12.8 Å². The molecule has 0 saturated heterocycles. The minimum atomic E-state index is -0.879. The van der Waals surface area contributed by atoms with Gasteiger partial charge in [-0.3, -0.25) is 0 Å². The first-order chi connectivity index (χ1) is 9.52. The minimum absolute atomic E-state index is 0.334. The van der Waals surface area contributed by atoms with E-state index in [0.29, 0.717) is 11.6 Å². The van der Waals surface area contributed by atoms with Crippen molar-refractivity contribution >= 4 is 5.97 Å². The van der Waals surface area contributed by atoms with Gasteiger partial charge in [0.05, 0.1) is 5.56 Å². The molecule has 0 radical (unpaired) electrons. The molecule has 0 fully saturated rings. The predicted octanol–water partition coefficient (Wildman–Crippen LogP) is 2.59. The van der Waals surface area contributed by atoms with Crippen LogP contribution in [0.25, 0.3) is 0 Å². The number of unbranched alkanes of at least 4 members (excludes halogenated alkanes) is 1. The summed E-state index contributed by atoms with van der Waals surface area (Å²) in [5, 5.41) is 12.3. The average molecular weight is 278 g/mol. The summed E-state index contributed by atoms with van der Waals surface area (Å²) in [6.45, 7) is 7.30. The highest BCUT2D eigenvalue weighted by Crippen LogP contribution is 2.05. The Morgan fingerprint density at radius 3 is 2.55 bits per heavy atom. The van der Waals surface area contributed by atoms with Gasteiger partial charge in [-0.05, 0) is 44.6 Å². The van der Waals surface area contributed by atoms with Crippen molar-refractivity contribution in [3.05, 3.63) is 35.4 Å². The van der Waals surface area contributed by atoms with Crippen LogP contribution in [0.1, 0.15) is 42.6 Å². The number of carboxylic acids is 1. The third-order valence-corrected chi connectivity index (χ3v) is 3.33. The lowest BCUT2D eigenvalue weighted by atomic mass is 10.1. The molecule has 112 valence electrons. The van der Waals surface area contributed by atoms with Crippen molar-refractivity contribution in [2.24, 2.45) is 0 Å². The number of carbonyl (C=O) groups is 1. The van der Waals surface area contributed by atoms with E-state index < -0.39 is 5.97 Å². The van der Waals surface area contributed by atoms with Gasteiger partial charge in [-0.2, -0.15) is 0 Å². The summed E-state index contributed by atoms with van der Waals surface area (Å²) >= 11 is 0. The number of aromatic carboxylic acids is 1. The van der Waals surface area contributed by atoms with E-state index >= 15 is 0 Å². The van der Waals surface area contributed by atoms with Crippen molar-refractivity contribution in [1.29, 1.82) is 0 Å². The van der Waals surface area contributed by atoms with Crippen LogP contribution in [0.15, 0.2) is 24.3 Å². The normalized spacial score (nSPS) is 12.6. The molecular formula is C16H26N2O2. The van der Waals surface area contributed by atoms with Crippen LogP contribution in [0.3, 0.4) is 0 Å². The smallest absolute Gasteiger partial charge is 0.335 e. The quantitative estimate of drug-likeness (QED) is 0.729. The summed E-state index contributed by atoms with van der Waals surface area (Å²) in [7, 11) is 2.15. The maximum atomic E-state index is 10.8. The van der Waals surface area contributed by atoms with E-state index in [1.54, 1.807) is 12.1 Å². The van der Waals surface area contributed by atoms with E-state index in [0.717, 1.165) is 25.2 Å². The van der Waals surface area contributed by atoms with Gasteiger partial charge >= 0.3 is 5.97 Å². The van der Waals surface area contributed by atoms with Gasteiger partial charge in [-0.1, -0.05) is 25.5 Å². The van der Waals surface area contributed by atoms with E-state index in [2.05, 4.69) is 31.1 Å². The van der Waals surface area contributed by atoms with Crippen LogP contribution >= 0.6 is 0 Å². The lowest BCUT2D eigenvalue weighted by molar-refractivity contribution is 0.0697. The van der Waals surface area contributed by atoms with Crippen LogP contribution < -0.4 is 5.32 Å². The zero-order valence-corrected chi connectivity index (χ0v) is 12.7. The predicted molar refractivity (Wildman–Crippen MR) is 82.1 cm³/mol. The molecule has 0 saturated carbocycles. The van der Waals surface area contributed by atoms with Gasteiger partial charge in [0.15, 0.2) is 0 Å². The highest BCUT2D eigenvalue weighted by Gasteiger charge is 2.06. The second-order valence-electron chi connectivity index (χ2n) is 5.40. The fraction of sp³-hybridized carbons (Fsp3) is 0.562. The molecular weight excluding hydrogens is 252 g/mol. The molecule has 0 bridgehead atoms.